The largest absolute Gasteiger partial charge is 0.435 e. The van der Waals surface area contributed by atoms with Gasteiger partial charge in [-0.3, -0.25) is 0 Å². The molecule has 0 amide bonds. The molecule has 0 radical (unpaired) electrons. The predicted molar refractivity (Wildman–Crippen MR) is 67.5 cm³/mol. The number of benzene rings is 1. The highest BCUT2D eigenvalue weighted by Crippen LogP contribution is 2.36. The number of alkyl halides is 2. The van der Waals surface area contributed by atoms with Crippen LogP contribution in [0.5, 0.6) is 5.75 Å². The van der Waals surface area contributed by atoms with Gasteiger partial charge in [-0.05, 0) is 50.8 Å². The molecule has 1 unspecified atom stereocenters. The van der Waals surface area contributed by atoms with Crippen molar-refractivity contribution in [3.05, 3.63) is 23.8 Å². The molecule has 0 saturated carbocycles. The average molecular weight is 258 g/mol. The molecule has 5 heteroatoms. The Balaban J connectivity index is 2.26. The minimum Gasteiger partial charge on any atom is -0.435 e. The van der Waals surface area contributed by atoms with Crippen molar-refractivity contribution in [1.29, 1.82) is 0 Å². The van der Waals surface area contributed by atoms with Gasteiger partial charge in [0.25, 0.3) is 0 Å². The molecule has 1 aliphatic heterocycles. The first kappa shape index (κ1) is 10.6. The van der Waals surface area contributed by atoms with E-state index < -0.39 is 13.0 Å². The highest BCUT2D eigenvalue weighted by Gasteiger charge is 2.23. The van der Waals surface area contributed by atoms with Crippen molar-refractivity contribution in [1.82, 2.24) is 4.90 Å². The summed E-state index contributed by atoms with van der Waals surface area (Å²) in [6, 6.07) is 4.61. The molecule has 0 saturated heterocycles. The second-order valence-corrected chi connectivity index (χ2v) is 4.50. The standard InChI is InChI=1S/C13H18F2N2O/c1-17(2)6-5-9-8-16-12-4-3-10(7-11(9)12)18-13(14)15/h3-4,7,9,13,16H,5-6,8H2,1-2H3/i5D2. The van der Waals surface area contributed by atoms with Crippen LogP contribution in [0.25, 0.3) is 0 Å². The fourth-order valence-corrected chi connectivity index (χ4v) is 1.96. The summed E-state index contributed by atoms with van der Waals surface area (Å²) in [6.07, 6.45) is -1.45. The summed E-state index contributed by atoms with van der Waals surface area (Å²) in [4.78, 5) is 1.78. The van der Waals surface area contributed by atoms with Crippen LogP contribution in [0.15, 0.2) is 18.2 Å². The van der Waals surface area contributed by atoms with Gasteiger partial charge in [0, 0.05) is 20.9 Å². The van der Waals surface area contributed by atoms with E-state index in [4.69, 9.17) is 2.74 Å². The van der Waals surface area contributed by atoms with Crippen molar-refractivity contribution >= 4 is 5.69 Å². The molecule has 3 nitrogen and oxygen atoms in total. The first-order chi connectivity index (χ1) is 9.29. The van der Waals surface area contributed by atoms with Crippen LogP contribution in [0.4, 0.5) is 14.5 Å². The Morgan fingerprint density at radius 1 is 1.56 bits per heavy atom. The van der Waals surface area contributed by atoms with Gasteiger partial charge in [-0.2, -0.15) is 8.78 Å². The van der Waals surface area contributed by atoms with Crippen molar-refractivity contribution in [3.63, 3.8) is 0 Å². The van der Waals surface area contributed by atoms with E-state index >= 15 is 0 Å². The van der Waals surface area contributed by atoms with Crippen molar-refractivity contribution in [2.24, 2.45) is 0 Å². The van der Waals surface area contributed by atoms with Gasteiger partial charge < -0.3 is 15.0 Å². The van der Waals surface area contributed by atoms with E-state index in [1.54, 1.807) is 25.1 Å². The first-order valence-corrected chi connectivity index (χ1v) is 5.77. The molecule has 100 valence electrons. The third-order valence-electron chi connectivity index (χ3n) is 2.77. The predicted octanol–water partition coefficient (Wildman–Crippen LogP) is 2.75. The smallest absolute Gasteiger partial charge is 0.387 e. The van der Waals surface area contributed by atoms with Crippen LogP contribution in [-0.2, 0) is 0 Å². The van der Waals surface area contributed by atoms with Crippen LogP contribution in [0.3, 0.4) is 0 Å². The lowest BCUT2D eigenvalue weighted by Crippen LogP contribution is -2.16. The van der Waals surface area contributed by atoms with Crippen LogP contribution in [-0.4, -0.2) is 38.7 Å². The van der Waals surface area contributed by atoms with E-state index in [9.17, 15) is 8.78 Å². The lowest BCUT2D eigenvalue weighted by atomic mass is 9.97. The minimum absolute atomic E-state index is 0.0631. The molecular weight excluding hydrogens is 238 g/mol. The molecule has 18 heavy (non-hydrogen) atoms. The van der Waals surface area contributed by atoms with Crippen LogP contribution in [0.1, 0.15) is 20.6 Å². The Labute approximate surface area is 109 Å². The Morgan fingerprint density at radius 3 is 3.00 bits per heavy atom. The molecule has 1 aromatic rings. The lowest BCUT2D eigenvalue weighted by molar-refractivity contribution is -0.0498. The van der Waals surface area contributed by atoms with E-state index in [1.165, 1.54) is 12.1 Å². The van der Waals surface area contributed by atoms with Gasteiger partial charge in [0.05, 0.1) is 0 Å². The molecule has 0 bridgehead atoms. The molecule has 1 heterocycles. The highest BCUT2D eigenvalue weighted by molar-refractivity contribution is 5.60. The zero-order chi connectivity index (χ0) is 14.9. The Morgan fingerprint density at radius 2 is 2.33 bits per heavy atom. The van der Waals surface area contributed by atoms with E-state index in [1.807, 2.05) is 0 Å². The molecule has 1 aromatic carbocycles. The third-order valence-corrected chi connectivity index (χ3v) is 2.77. The quantitative estimate of drug-likeness (QED) is 0.879. The van der Waals surface area contributed by atoms with Crippen molar-refractivity contribution in [2.75, 3.05) is 32.5 Å². The monoisotopic (exact) mass is 258 g/mol. The van der Waals surface area contributed by atoms with Gasteiger partial charge in [0.15, 0.2) is 0 Å². The molecular formula is C13H18F2N2O. The summed E-state index contributed by atoms with van der Waals surface area (Å²) in [5, 5.41) is 3.11. The molecule has 0 fully saturated rings. The molecule has 1 atom stereocenters. The van der Waals surface area contributed by atoms with Crippen molar-refractivity contribution < 1.29 is 16.3 Å². The number of rotatable bonds is 5. The maximum Gasteiger partial charge on any atom is 0.387 e. The SMILES string of the molecule is [2H]C([2H])(CN(C)C)C1CNc2ccc(OC(F)F)cc21. The van der Waals surface area contributed by atoms with Gasteiger partial charge >= 0.3 is 6.61 Å². The zero-order valence-corrected chi connectivity index (χ0v) is 10.4. The van der Waals surface area contributed by atoms with Crippen molar-refractivity contribution in [3.8, 4) is 5.75 Å². The summed E-state index contributed by atoms with van der Waals surface area (Å²) >= 11 is 0. The molecule has 2 rings (SSSR count). The highest BCUT2D eigenvalue weighted by atomic mass is 19.3. The second kappa shape index (κ2) is 5.52. The molecule has 0 spiro atoms. The van der Waals surface area contributed by atoms with E-state index in [0.29, 0.717) is 12.1 Å². The zero-order valence-electron chi connectivity index (χ0n) is 12.4. The van der Waals surface area contributed by atoms with Crippen LogP contribution < -0.4 is 10.1 Å². The molecule has 0 aromatic heterocycles. The summed E-state index contributed by atoms with van der Waals surface area (Å²) in [5.41, 5.74) is 1.47. The second-order valence-electron chi connectivity index (χ2n) is 4.50. The topological polar surface area (TPSA) is 24.5 Å². The summed E-state index contributed by atoms with van der Waals surface area (Å²) in [5.74, 6) is -0.325. The number of anilines is 1. The summed E-state index contributed by atoms with van der Waals surface area (Å²) in [6.45, 7) is -2.16. The Kier molecular flexibility index (Phi) is 3.24. The number of hydrogen-bond acceptors (Lipinski definition) is 3. The number of ether oxygens (including phenoxy) is 1. The lowest BCUT2D eigenvalue weighted by Gasteiger charge is -2.15. The Hall–Kier alpha value is -1.36. The van der Waals surface area contributed by atoms with Gasteiger partial charge in [-0.25, -0.2) is 0 Å². The number of fused-ring (bicyclic) bond motifs is 1. The number of nitrogens with one attached hydrogen (secondary N) is 1. The van der Waals surface area contributed by atoms with Crippen LogP contribution in [0, 0.1) is 0 Å². The van der Waals surface area contributed by atoms with E-state index in [2.05, 4.69) is 10.1 Å². The van der Waals surface area contributed by atoms with Gasteiger partial charge in [-0.1, -0.05) is 0 Å². The average Bonchev–Trinajstić information content (AvgIpc) is 2.69. The normalized spacial score (nSPS) is 20.4. The first-order valence-electron chi connectivity index (χ1n) is 6.77. The summed E-state index contributed by atoms with van der Waals surface area (Å²) < 4.78 is 45.3. The number of hydrogen-bond donors (Lipinski definition) is 1. The van der Waals surface area contributed by atoms with Crippen molar-refractivity contribution in [2.45, 2.75) is 18.9 Å². The maximum absolute atomic E-state index is 12.3. The number of halogens is 2. The number of nitrogens with zero attached hydrogens (tertiary/aromatic N) is 1. The minimum atomic E-state index is -2.88. The van der Waals surface area contributed by atoms with Crippen LogP contribution in [0.2, 0.25) is 0 Å². The van der Waals surface area contributed by atoms with Gasteiger partial charge in [0.1, 0.15) is 5.75 Å². The Bertz CT molecular complexity index is 483. The van der Waals surface area contributed by atoms with E-state index in [0.717, 1.165) is 5.69 Å². The molecule has 1 N–H and O–H groups in total. The van der Waals surface area contributed by atoms with Gasteiger partial charge in [-0.15, -0.1) is 0 Å². The molecule has 0 aliphatic carbocycles. The fourth-order valence-electron chi connectivity index (χ4n) is 1.96. The third kappa shape index (κ3) is 3.10. The van der Waals surface area contributed by atoms with E-state index in [-0.39, 0.29) is 18.2 Å². The van der Waals surface area contributed by atoms with Gasteiger partial charge in [0.2, 0.25) is 0 Å². The maximum atomic E-state index is 12.3. The van der Waals surface area contributed by atoms with Crippen LogP contribution >= 0.6 is 0 Å². The fraction of sp³-hybridized carbons (Fsp3) is 0.538. The summed E-state index contributed by atoms with van der Waals surface area (Å²) in [7, 11) is 3.61. The molecule has 1 aliphatic rings.